The Hall–Kier alpha value is -1.56. The monoisotopic (exact) mass is 301 g/mol. The van der Waals surface area contributed by atoms with Crippen molar-refractivity contribution >= 4 is 5.97 Å². The van der Waals surface area contributed by atoms with Crippen LogP contribution in [0.2, 0.25) is 0 Å². The summed E-state index contributed by atoms with van der Waals surface area (Å²) in [7, 11) is 1.18. The number of methoxy groups -OCH3 is 1. The van der Waals surface area contributed by atoms with Gasteiger partial charge in [0.1, 0.15) is 11.9 Å². The van der Waals surface area contributed by atoms with E-state index >= 15 is 0 Å². The van der Waals surface area contributed by atoms with Crippen LogP contribution < -0.4 is 5.32 Å². The van der Waals surface area contributed by atoms with E-state index in [0.717, 1.165) is 32.1 Å². The van der Waals surface area contributed by atoms with Crippen LogP contribution >= 0.6 is 0 Å². The van der Waals surface area contributed by atoms with Crippen molar-refractivity contribution in [1.82, 2.24) is 5.32 Å². The van der Waals surface area contributed by atoms with Gasteiger partial charge in [0.2, 0.25) is 0 Å². The Kier molecular flexibility index (Phi) is 5.22. The molecular formula is C15H18F3NO2. The van der Waals surface area contributed by atoms with Gasteiger partial charge in [-0.3, -0.25) is 5.32 Å². The maximum Gasteiger partial charge on any atom is 0.327 e. The van der Waals surface area contributed by atoms with Gasteiger partial charge in [-0.1, -0.05) is 19.3 Å². The van der Waals surface area contributed by atoms with Gasteiger partial charge in [0.05, 0.1) is 7.11 Å². The zero-order chi connectivity index (χ0) is 15.4. The molecule has 0 spiro atoms. The van der Waals surface area contributed by atoms with E-state index in [1.807, 2.05) is 0 Å². The molecule has 1 unspecified atom stereocenters. The van der Waals surface area contributed by atoms with Crippen LogP contribution in [0.5, 0.6) is 0 Å². The lowest BCUT2D eigenvalue weighted by atomic mass is 9.94. The highest BCUT2D eigenvalue weighted by atomic mass is 19.2. The maximum atomic E-state index is 13.9. The number of halogens is 3. The number of hydrogen-bond acceptors (Lipinski definition) is 3. The number of carbonyl (C=O) groups is 1. The van der Waals surface area contributed by atoms with Crippen LogP contribution in [0.4, 0.5) is 13.2 Å². The Bertz CT molecular complexity index is 516. The summed E-state index contributed by atoms with van der Waals surface area (Å²) >= 11 is 0. The fraction of sp³-hybridized carbons (Fsp3) is 0.533. The van der Waals surface area contributed by atoms with Gasteiger partial charge in [-0.15, -0.1) is 0 Å². The molecule has 0 amide bonds. The highest BCUT2D eigenvalue weighted by molar-refractivity contribution is 5.77. The van der Waals surface area contributed by atoms with Crippen LogP contribution in [-0.4, -0.2) is 19.1 Å². The number of carbonyl (C=O) groups excluding carboxylic acids is 1. The SMILES string of the molecule is COC(=O)C(NC1CCCCC1)c1cc(F)c(F)cc1F. The average molecular weight is 301 g/mol. The van der Waals surface area contributed by atoms with Crippen LogP contribution in [0, 0.1) is 17.5 Å². The topological polar surface area (TPSA) is 38.3 Å². The van der Waals surface area contributed by atoms with E-state index in [1.54, 1.807) is 0 Å². The molecule has 0 aliphatic heterocycles. The second kappa shape index (κ2) is 6.93. The molecule has 0 radical (unpaired) electrons. The van der Waals surface area contributed by atoms with Gasteiger partial charge < -0.3 is 4.74 Å². The first kappa shape index (κ1) is 15.8. The Morgan fingerprint density at radius 3 is 2.38 bits per heavy atom. The summed E-state index contributed by atoms with van der Waals surface area (Å²) in [4.78, 5) is 11.9. The highest BCUT2D eigenvalue weighted by Gasteiger charge is 2.29. The van der Waals surface area contributed by atoms with Crippen molar-refractivity contribution in [3.8, 4) is 0 Å². The first-order chi connectivity index (χ1) is 10.0. The van der Waals surface area contributed by atoms with E-state index in [0.29, 0.717) is 12.1 Å². The molecule has 1 N–H and O–H groups in total. The summed E-state index contributed by atoms with van der Waals surface area (Å²) < 4.78 is 44.9. The van der Waals surface area contributed by atoms with E-state index in [4.69, 9.17) is 0 Å². The molecule has 1 fully saturated rings. The zero-order valence-corrected chi connectivity index (χ0v) is 11.8. The molecule has 2 rings (SSSR count). The summed E-state index contributed by atoms with van der Waals surface area (Å²) in [6.45, 7) is 0. The molecule has 1 aliphatic carbocycles. The summed E-state index contributed by atoms with van der Waals surface area (Å²) in [6, 6.07) is 0.0641. The number of hydrogen-bond donors (Lipinski definition) is 1. The molecule has 1 saturated carbocycles. The molecule has 1 atom stereocenters. The van der Waals surface area contributed by atoms with Crippen LogP contribution in [0.1, 0.15) is 43.7 Å². The Morgan fingerprint density at radius 1 is 1.14 bits per heavy atom. The Morgan fingerprint density at radius 2 is 1.76 bits per heavy atom. The maximum absolute atomic E-state index is 13.9. The summed E-state index contributed by atoms with van der Waals surface area (Å²) in [5.41, 5.74) is -0.230. The van der Waals surface area contributed by atoms with Gasteiger partial charge in [0, 0.05) is 17.7 Å². The lowest BCUT2D eigenvalue weighted by molar-refractivity contribution is -0.143. The van der Waals surface area contributed by atoms with Crippen molar-refractivity contribution in [2.24, 2.45) is 0 Å². The van der Waals surface area contributed by atoms with Crippen molar-refractivity contribution in [1.29, 1.82) is 0 Å². The highest BCUT2D eigenvalue weighted by Crippen LogP contribution is 2.25. The second-order valence-electron chi connectivity index (χ2n) is 5.25. The van der Waals surface area contributed by atoms with Gasteiger partial charge in [0.15, 0.2) is 11.6 Å². The molecule has 1 aromatic carbocycles. The quantitative estimate of drug-likeness (QED) is 0.685. The third kappa shape index (κ3) is 3.75. The van der Waals surface area contributed by atoms with Gasteiger partial charge >= 0.3 is 5.97 Å². The van der Waals surface area contributed by atoms with Crippen molar-refractivity contribution in [2.75, 3.05) is 7.11 Å². The van der Waals surface area contributed by atoms with Crippen LogP contribution in [-0.2, 0) is 9.53 Å². The van der Waals surface area contributed by atoms with E-state index in [1.165, 1.54) is 7.11 Å². The van der Waals surface area contributed by atoms with Gasteiger partial charge in [-0.25, -0.2) is 18.0 Å². The molecule has 1 aromatic rings. The van der Waals surface area contributed by atoms with E-state index in [9.17, 15) is 18.0 Å². The van der Waals surface area contributed by atoms with E-state index in [2.05, 4.69) is 10.1 Å². The van der Waals surface area contributed by atoms with Crippen LogP contribution in [0.25, 0.3) is 0 Å². The minimum absolute atomic E-state index is 0.0374. The first-order valence-corrected chi connectivity index (χ1v) is 7.01. The minimum atomic E-state index is -1.28. The Balaban J connectivity index is 2.27. The third-order valence-corrected chi connectivity index (χ3v) is 3.80. The largest absolute Gasteiger partial charge is 0.468 e. The third-order valence-electron chi connectivity index (χ3n) is 3.80. The molecule has 21 heavy (non-hydrogen) atoms. The van der Waals surface area contributed by atoms with Crippen LogP contribution in [0.3, 0.4) is 0 Å². The summed E-state index contributed by atoms with van der Waals surface area (Å²) in [5, 5.41) is 3.01. The standard InChI is InChI=1S/C15H18F3NO2/c1-21-15(20)14(19-9-5-3-2-4-6-9)10-7-12(17)13(18)8-11(10)16/h7-9,14,19H,2-6H2,1H3. The number of ether oxygens (including phenoxy) is 1. The lowest BCUT2D eigenvalue weighted by Crippen LogP contribution is -2.39. The predicted molar refractivity (Wildman–Crippen MR) is 71.1 cm³/mol. The Labute approximate surface area is 121 Å². The van der Waals surface area contributed by atoms with Gasteiger partial charge in [0.25, 0.3) is 0 Å². The molecule has 116 valence electrons. The smallest absolute Gasteiger partial charge is 0.327 e. The number of benzene rings is 1. The summed E-state index contributed by atoms with van der Waals surface area (Å²) in [5.74, 6) is -4.15. The molecule has 0 aromatic heterocycles. The van der Waals surface area contributed by atoms with Crippen molar-refractivity contribution < 1.29 is 22.7 Å². The summed E-state index contributed by atoms with van der Waals surface area (Å²) in [6.07, 6.45) is 4.88. The normalized spacial score (nSPS) is 17.5. The lowest BCUT2D eigenvalue weighted by Gasteiger charge is -2.27. The van der Waals surface area contributed by atoms with Crippen molar-refractivity contribution in [3.05, 3.63) is 35.1 Å². The van der Waals surface area contributed by atoms with Gasteiger partial charge in [-0.05, 0) is 18.9 Å². The minimum Gasteiger partial charge on any atom is -0.468 e. The molecule has 0 bridgehead atoms. The number of esters is 1. The molecule has 0 saturated heterocycles. The van der Waals surface area contributed by atoms with Crippen molar-refractivity contribution in [2.45, 2.75) is 44.2 Å². The second-order valence-corrected chi connectivity index (χ2v) is 5.25. The molecular weight excluding hydrogens is 283 g/mol. The van der Waals surface area contributed by atoms with Gasteiger partial charge in [-0.2, -0.15) is 0 Å². The van der Waals surface area contributed by atoms with Crippen LogP contribution in [0.15, 0.2) is 12.1 Å². The molecule has 1 aliphatic rings. The molecule has 6 heteroatoms. The fourth-order valence-electron chi connectivity index (χ4n) is 2.67. The van der Waals surface area contributed by atoms with E-state index in [-0.39, 0.29) is 11.6 Å². The van der Waals surface area contributed by atoms with E-state index < -0.39 is 29.5 Å². The average Bonchev–Trinajstić information content (AvgIpc) is 2.49. The molecule has 3 nitrogen and oxygen atoms in total. The first-order valence-electron chi connectivity index (χ1n) is 7.01. The fourth-order valence-corrected chi connectivity index (χ4v) is 2.67. The van der Waals surface area contributed by atoms with Crippen molar-refractivity contribution in [3.63, 3.8) is 0 Å². The zero-order valence-electron chi connectivity index (χ0n) is 11.8. The number of nitrogens with one attached hydrogen (secondary N) is 1. The molecule has 0 heterocycles. The predicted octanol–water partition coefficient (Wildman–Crippen LogP) is 3.24. The number of rotatable bonds is 4.